The van der Waals surface area contributed by atoms with Crippen LogP contribution in [0.5, 0.6) is 0 Å². The Hall–Kier alpha value is -1.59. The number of thiophene rings is 1. The standard InChI is InChI=1S/C14H16N2O2S/c17-11(8-15-14(18)16-10-5-6-10)13-7-9-3-1-2-4-12(9)19-13/h1-4,7,10-11,17H,5-6,8H2,(H2,15,16,18). The number of fused-ring (bicyclic) bond motifs is 1. The Morgan fingerprint density at radius 3 is 2.95 bits per heavy atom. The molecule has 2 amide bonds. The van der Waals surface area contributed by atoms with E-state index >= 15 is 0 Å². The second kappa shape index (κ2) is 5.19. The molecule has 3 N–H and O–H groups in total. The van der Waals surface area contributed by atoms with Gasteiger partial charge >= 0.3 is 6.03 Å². The van der Waals surface area contributed by atoms with Crippen molar-refractivity contribution in [3.63, 3.8) is 0 Å². The summed E-state index contributed by atoms with van der Waals surface area (Å²) in [6, 6.07) is 10.1. The van der Waals surface area contributed by atoms with E-state index in [0.717, 1.165) is 27.8 Å². The molecule has 2 aromatic rings. The van der Waals surface area contributed by atoms with Gasteiger partial charge in [-0.15, -0.1) is 11.3 Å². The van der Waals surface area contributed by atoms with Crippen LogP contribution < -0.4 is 10.6 Å². The van der Waals surface area contributed by atoms with E-state index < -0.39 is 6.10 Å². The summed E-state index contributed by atoms with van der Waals surface area (Å²) >= 11 is 1.56. The van der Waals surface area contributed by atoms with Crippen molar-refractivity contribution in [2.45, 2.75) is 25.0 Å². The minimum absolute atomic E-state index is 0.192. The van der Waals surface area contributed by atoms with Crippen LogP contribution in [0.15, 0.2) is 30.3 Å². The molecule has 4 nitrogen and oxygen atoms in total. The van der Waals surface area contributed by atoms with Crippen LogP contribution in [0.25, 0.3) is 10.1 Å². The summed E-state index contributed by atoms with van der Waals surface area (Å²) in [5, 5.41) is 16.7. The summed E-state index contributed by atoms with van der Waals surface area (Å²) in [6.07, 6.45) is 1.47. The third kappa shape index (κ3) is 3.05. The monoisotopic (exact) mass is 276 g/mol. The molecular weight excluding hydrogens is 260 g/mol. The number of hydrogen-bond acceptors (Lipinski definition) is 3. The van der Waals surface area contributed by atoms with Gasteiger partial charge in [-0.2, -0.15) is 0 Å². The van der Waals surface area contributed by atoms with Crippen LogP contribution in [-0.2, 0) is 0 Å². The first kappa shape index (κ1) is 12.4. The number of benzene rings is 1. The molecule has 1 saturated carbocycles. The van der Waals surface area contributed by atoms with Crippen molar-refractivity contribution in [1.29, 1.82) is 0 Å². The molecule has 1 unspecified atom stereocenters. The maximum absolute atomic E-state index is 11.5. The molecule has 1 atom stereocenters. The molecule has 1 heterocycles. The molecule has 0 spiro atoms. The molecule has 19 heavy (non-hydrogen) atoms. The van der Waals surface area contributed by atoms with Gasteiger partial charge in [0.05, 0.1) is 6.54 Å². The van der Waals surface area contributed by atoms with Gasteiger partial charge < -0.3 is 15.7 Å². The first-order valence-corrected chi connectivity index (χ1v) is 7.25. The SMILES string of the molecule is O=C(NCC(O)c1cc2ccccc2s1)NC1CC1. The first-order chi connectivity index (χ1) is 9.22. The number of urea groups is 1. The number of hydrogen-bond donors (Lipinski definition) is 3. The normalized spacial score (nSPS) is 16.3. The lowest BCUT2D eigenvalue weighted by atomic mass is 10.2. The van der Waals surface area contributed by atoms with E-state index in [1.807, 2.05) is 30.3 Å². The van der Waals surface area contributed by atoms with E-state index in [9.17, 15) is 9.90 Å². The van der Waals surface area contributed by atoms with Crippen molar-refractivity contribution in [2.75, 3.05) is 6.54 Å². The van der Waals surface area contributed by atoms with Crippen molar-refractivity contribution in [3.05, 3.63) is 35.2 Å². The maximum atomic E-state index is 11.5. The van der Waals surface area contributed by atoms with Crippen molar-refractivity contribution in [3.8, 4) is 0 Å². The topological polar surface area (TPSA) is 61.4 Å². The van der Waals surface area contributed by atoms with Crippen molar-refractivity contribution in [2.24, 2.45) is 0 Å². The van der Waals surface area contributed by atoms with Crippen LogP contribution in [0.2, 0.25) is 0 Å². The molecular formula is C14H16N2O2S. The molecule has 100 valence electrons. The van der Waals surface area contributed by atoms with Crippen LogP contribution in [-0.4, -0.2) is 23.7 Å². The number of rotatable bonds is 4. The summed E-state index contributed by atoms with van der Waals surface area (Å²) in [5.74, 6) is 0. The molecule has 0 radical (unpaired) electrons. The van der Waals surface area contributed by atoms with Gasteiger partial charge in [-0.1, -0.05) is 18.2 Å². The van der Waals surface area contributed by atoms with Gasteiger partial charge in [0.2, 0.25) is 0 Å². The smallest absolute Gasteiger partial charge is 0.315 e. The number of carbonyl (C=O) groups excluding carboxylic acids is 1. The zero-order chi connectivity index (χ0) is 13.2. The average Bonchev–Trinajstić information content (AvgIpc) is 3.10. The fraction of sp³-hybridized carbons (Fsp3) is 0.357. The first-order valence-electron chi connectivity index (χ1n) is 6.43. The predicted molar refractivity (Wildman–Crippen MR) is 76.3 cm³/mol. The van der Waals surface area contributed by atoms with E-state index in [-0.39, 0.29) is 12.6 Å². The van der Waals surface area contributed by atoms with Gasteiger partial charge in [0, 0.05) is 15.6 Å². The number of amides is 2. The highest BCUT2D eigenvalue weighted by atomic mass is 32.1. The highest BCUT2D eigenvalue weighted by Gasteiger charge is 2.23. The lowest BCUT2D eigenvalue weighted by Crippen LogP contribution is -2.38. The van der Waals surface area contributed by atoms with Crippen molar-refractivity contribution < 1.29 is 9.90 Å². The van der Waals surface area contributed by atoms with Gasteiger partial charge in [0.25, 0.3) is 0 Å². The number of aliphatic hydroxyl groups is 1. The van der Waals surface area contributed by atoms with Gasteiger partial charge in [-0.05, 0) is 30.4 Å². The molecule has 0 bridgehead atoms. The molecule has 0 saturated heterocycles. The maximum Gasteiger partial charge on any atom is 0.315 e. The number of aliphatic hydroxyl groups excluding tert-OH is 1. The molecule has 3 rings (SSSR count). The van der Waals surface area contributed by atoms with Gasteiger partial charge in [-0.25, -0.2) is 4.79 Å². The molecule has 1 aromatic carbocycles. The zero-order valence-corrected chi connectivity index (χ0v) is 11.2. The van der Waals surface area contributed by atoms with E-state index in [1.165, 1.54) is 0 Å². The van der Waals surface area contributed by atoms with Gasteiger partial charge in [0.1, 0.15) is 6.10 Å². The summed E-state index contributed by atoms with van der Waals surface area (Å²) in [6.45, 7) is 0.241. The van der Waals surface area contributed by atoms with Crippen LogP contribution >= 0.6 is 11.3 Å². The second-order valence-corrected chi connectivity index (χ2v) is 5.95. The molecule has 1 fully saturated rings. The Balaban J connectivity index is 1.59. The van der Waals surface area contributed by atoms with Crippen LogP contribution in [0.3, 0.4) is 0 Å². The van der Waals surface area contributed by atoms with Gasteiger partial charge in [-0.3, -0.25) is 0 Å². The minimum atomic E-state index is -0.651. The highest BCUT2D eigenvalue weighted by Crippen LogP contribution is 2.29. The third-order valence-electron chi connectivity index (χ3n) is 3.14. The molecule has 1 aromatic heterocycles. The summed E-state index contributed by atoms with van der Waals surface area (Å²) in [5.41, 5.74) is 0. The highest BCUT2D eigenvalue weighted by molar-refractivity contribution is 7.19. The quantitative estimate of drug-likeness (QED) is 0.803. The van der Waals surface area contributed by atoms with Crippen LogP contribution in [0.1, 0.15) is 23.8 Å². The van der Waals surface area contributed by atoms with E-state index in [4.69, 9.17) is 0 Å². The summed E-state index contributed by atoms with van der Waals surface area (Å²) < 4.78 is 1.15. The minimum Gasteiger partial charge on any atom is -0.386 e. The van der Waals surface area contributed by atoms with E-state index in [2.05, 4.69) is 10.6 Å². The lowest BCUT2D eigenvalue weighted by molar-refractivity contribution is 0.176. The summed E-state index contributed by atoms with van der Waals surface area (Å²) in [7, 11) is 0. The molecule has 0 aliphatic heterocycles. The van der Waals surface area contributed by atoms with Crippen molar-refractivity contribution >= 4 is 27.5 Å². The Kier molecular flexibility index (Phi) is 3.40. The van der Waals surface area contributed by atoms with Gasteiger partial charge in [0.15, 0.2) is 0 Å². The molecule has 5 heteroatoms. The zero-order valence-electron chi connectivity index (χ0n) is 10.4. The predicted octanol–water partition coefficient (Wildman–Crippen LogP) is 2.40. The fourth-order valence-electron chi connectivity index (χ4n) is 1.92. The lowest BCUT2D eigenvalue weighted by Gasteiger charge is -2.10. The fourth-order valence-corrected chi connectivity index (χ4v) is 2.97. The second-order valence-electron chi connectivity index (χ2n) is 4.83. The van der Waals surface area contributed by atoms with Crippen LogP contribution in [0, 0.1) is 0 Å². The Morgan fingerprint density at radius 1 is 1.42 bits per heavy atom. The van der Waals surface area contributed by atoms with E-state index in [0.29, 0.717) is 6.04 Å². The average molecular weight is 276 g/mol. The Morgan fingerprint density at radius 2 is 2.21 bits per heavy atom. The summed E-state index contributed by atoms with van der Waals surface area (Å²) in [4.78, 5) is 12.4. The molecule has 1 aliphatic rings. The molecule has 1 aliphatic carbocycles. The Bertz CT molecular complexity index is 559. The van der Waals surface area contributed by atoms with E-state index in [1.54, 1.807) is 11.3 Å². The van der Waals surface area contributed by atoms with Crippen molar-refractivity contribution in [1.82, 2.24) is 10.6 Å². The largest absolute Gasteiger partial charge is 0.386 e. The Labute approximate surface area is 115 Å². The third-order valence-corrected chi connectivity index (χ3v) is 4.36. The number of carbonyl (C=O) groups is 1. The van der Waals surface area contributed by atoms with Crippen LogP contribution in [0.4, 0.5) is 4.79 Å². The number of nitrogens with one attached hydrogen (secondary N) is 2.